The summed E-state index contributed by atoms with van der Waals surface area (Å²) in [6.07, 6.45) is 1.23. The summed E-state index contributed by atoms with van der Waals surface area (Å²) in [6, 6.07) is 0.677. The molecule has 1 nitrogen and oxygen atoms in total. The van der Waals surface area contributed by atoms with Crippen LogP contribution in [0.4, 0.5) is 0 Å². The normalized spacial score (nSPS) is 16.9. The first-order chi connectivity index (χ1) is 5.07. The molecule has 0 fully saturated rings. The van der Waals surface area contributed by atoms with Crippen molar-refractivity contribution in [1.29, 1.82) is 0 Å². The maximum Gasteiger partial charge on any atom is 0.00362 e. The maximum atomic E-state index is 3.51. The van der Waals surface area contributed by atoms with Crippen LogP contribution in [0.15, 0.2) is 0 Å². The van der Waals surface area contributed by atoms with Crippen molar-refractivity contribution in [3.8, 4) is 0 Å². The van der Waals surface area contributed by atoms with E-state index in [0.717, 1.165) is 18.4 Å². The van der Waals surface area contributed by atoms with Crippen LogP contribution in [0, 0.1) is 11.8 Å². The second-order valence-corrected chi connectivity index (χ2v) is 3.94. The van der Waals surface area contributed by atoms with E-state index >= 15 is 0 Å². The van der Waals surface area contributed by atoms with Crippen LogP contribution in [0.1, 0.15) is 41.0 Å². The highest BCUT2D eigenvalue weighted by Crippen LogP contribution is 2.07. The number of nitrogens with one attached hydrogen (secondary N) is 1. The van der Waals surface area contributed by atoms with Crippen molar-refractivity contribution in [2.24, 2.45) is 11.8 Å². The van der Waals surface area contributed by atoms with Gasteiger partial charge in [0.25, 0.3) is 0 Å². The van der Waals surface area contributed by atoms with Crippen molar-refractivity contribution in [3.63, 3.8) is 0 Å². The molecule has 0 amide bonds. The molecular formula is C10H23N. The number of rotatable bonds is 5. The third-order valence-corrected chi connectivity index (χ3v) is 2.54. The minimum atomic E-state index is 0.677. The molecule has 0 aliphatic rings. The van der Waals surface area contributed by atoms with Gasteiger partial charge in [-0.15, -0.1) is 0 Å². The number of hydrogen-bond donors (Lipinski definition) is 1. The Hall–Kier alpha value is -0.0400. The van der Waals surface area contributed by atoms with Crippen LogP contribution >= 0.6 is 0 Å². The molecule has 0 saturated heterocycles. The predicted molar refractivity (Wildman–Crippen MR) is 51.8 cm³/mol. The molecule has 0 bridgehead atoms. The zero-order valence-corrected chi connectivity index (χ0v) is 8.65. The first kappa shape index (κ1) is 11.0. The Bertz CT molecular complexity index is 88.9. The lowest BCUT2D eigenvalue weighted by molar-refractivity contribution is 0.370. The Morgan fingerprint density at radius 3 is 2.00 bits per heavy atom. The molecule has 68 valence electrons. The Kier molecular flexibility index (Phi) is 5.57. The van der Waals surface area contributed by atoms with Gasteiger partial charge in [-0.25, -0.2) is 0 Å². The average molecular weight is 157 g/mol. The minimum absolute atomic E-state index is 0.677. The fourth-order valence-electron chi connectivity index (χ4n) is 0.767. The molecule has 0 aromatic heterocycles. The van der Waals surface area contributed by atoms with Gasteiger partial charge in [0.15, 0.2) is 0 Å². The topological polar surface area (TPSA) is 12.0 Å². The molecule has 0 aliphatic heterocycles. The smallest absolute Gasteiger partial charge is 0.00362 e. The summed E-state index contributed by atoms with van der Waals surface area (Å²) in [5.74, 6) is 1.59. The number of hydrogen-bond acceptors (Lipinski definition) is 1. The maximum absolute atomic E-state index is 3.51. The molecule has 0 spiro atoms. The van der Waals surface area contributed by atoms with Gasteiger partial charge in [0.1, 0.15) is 0 Å². The van der Waals surface area contributed by atoms with Gasteiger partial charge in [-0.05, 0) is 31.7 Å². The van der Waals surface area contributed by atoms with Gasteiger partial charge in [0.05, 0.1) is 0 Å². The largest absolute Gasteiger partial charge is 0.314 e. The standard InChI is InChI=1S/C10H23N/c1-6-10(5)11-7-9(4)8(2)3/h8-11H,6-7H2,1-5H3/t9-,10-/m1/s1. The van der Waals surface area contributed by atoms with Crippen molar-refractivity contribution in [2.45, 2.75) is 47.1 Å². The van der Waals surface area contributed by atoms with Crippen LogP contribution in [-0.2, 0) is 0 Å². The molecule has 0 aromatic rings. The molecule has 0 aliphatic carbocycles. The van der Waals surface area contributed by atoms with E-state index in [1.54, 1.807) is 0 Å². The van der Waals surface area contributed by atoms with Crippen molar-refractivity contribution < 1.29 is 0 Å². The quantitative estimate of drug-likeness (QED) is 0.647. The summed E-state index contributed by atoms with van der Waals surface area (Å²) in [5, 5.41) is 3.51. The van der Waals surface area contributed by atoms with Gasteiger partial charge in [-0.1, -0.05) is 27.7 Å². The molecule has 11 heavy (non-hydrogen) atoms. The molecule has 0 saturated carbocycles. The highest BCUT2D eigenvalue weighted by atomic mass is 14.9. The van der Waals surface area contributed by atoms with Crippen molar-refractivity contribution >= 4 is 0 Å². The van der Waals surface area contributed by atoms with E-state index in [0.29, 0.717) is 6.04 Å². The molecule has 2 atom stereocenters. The van der Waals surface area contributed by atoms with Gasteiger partial charge < -0.3 is 5.32 Å². The molecule has 0 heterocycles. The Morgan fingerprint density at radius 1 is 1.09 bits per heavy atom. The highest BCUT2D eigenvalue weighted by Gasteiger charge is 2.07. The Balaban J connectivity index is 3.37. The fraction of sp³-hybridized carbons (Fsp3) is 1.00. The molecule has 0 rings (SSSR count). The van der Waals surface area contributed by atoms with E-state index < -0.39 is 0 Å². The van der Waals surface area contributed by atoms with Crippen molar-refractivity contribution in [2.75, 3.05) is 6.54 Å². The summed E-state index contributed by atoms with van der Waals surface area (Å²) in [4.78, 5) is 0. The molecule has 0 unspecified atom stereocenters. The van der Waals surface area contributed by atoms with E-state index in [-0.39, 0.29) is 0 Å². The summed E-state index contributed by atoms with van der Waals surface area (Å²) in [7, 11) is 0. The third kappa shape index (κ3) is 5.25. The summed E-state index contributed by atoms with van der Waals surface area (Å²) in [5.41, 5.74) is 0. The third-order valence-electron chi connectivity index (χ3n) is 2.54. The lowest BCUT2D eigenvalue weighted by Crippen LogP contribution is -2.31. The van der Waals surface area contributed by atoms with E-state index in [9.17, 15) is 0 Å². The summed E-state index contributed by atoms with van der Waals surface area (Å²) < 4.78 is 0. The predicted octanol–water partition coefficient (Wildman–Crippen LogP) is 2.67. The van der Waals surface area contributed by atoms with E-state index in [1.165, 1.54) is 6.42 Å². The van der Waals surface area contributed by atoms with Crippen LogP contribution in [-0.4, -0.2) is 12.6 Å². The Labute approximate surface area is 71.6 Å². The van der Waals surface area contributed by atoms with Gasteiger partial charge in [0.2, 0.25) is 0 Å². The first-order valence-corrected chi connectivity index (χ1v) is 4.81. The lowest BCUT2D eigenvalue weighted by atomic mass is 9.98. The van der Waals surface area contributed by atoms with E-state index in [1.807, 2.05) is 0 Å². The van der Waals surface area contributed by atoms with Gasteiger partial charge in [-0.2, -0.15) is 0 Å². The van der Waals surface area contributed by atoms with Gasteiger partial charge in [0, 0.05) is 6.04 Å². The summed E-state index contributed by atoms with van der Waals surface area (Å²) >= 11 is 0. The van der Waals surface area contributed by atoms with Crippen LogP contribution < -0.4 is 5.32 Å². The van der Waals surface area contributed by atoms with Crippen LogP contribution in [0.5, 0.6) is 0 Å². The molecule has 0 aromatic carbocycles. The minimum Gasteiger partial charge on any atom is -0.314 e. The van der Waals surface area contributed by atoms with E-state index in [2.05, 4.69) is 39.9 Å². The SMILES string of the molecule is CC[C@@H](C)NC[C@@H](C)C(C)C. The van der Waals surface area contributed by atoms with Gasteiger partial charge in [-0.3, -0.25) is 0 Å². The molecule has 1 heteroatoms. The van der Waals surface area contributed by atoms with Crippen molar-refractivity contribution in [1.82, 2.24) is 5.32 Å². The van der Waals surface area contributed by atoms with Crippen molar-refractivity contribution in [3.05, 3.63) is 0 Å². The first-order valence-electron chi connectivity index (χ1n) is 4.81. The monoisotopic (exact) mass is 157 g/mol. The second-order valence-electron chi connectivity index (χ2n) is 3.94. The van der Waals surface area contributed by atoms with E-state index in [4.69, 9.17) is 0 Å². The molecular weight excluding hydrogens is 134 g/mol. The molecule has 1 N–H and O–H groups in total. The average Bonchev–Trinajstić information content (AvgIpc) is 1.99. The van der Waals surface area contributed by atoms with Crippen LogP contribution in [0.2, 0.25) is 0 Å². The zero-order chi connectivity index (χ0) is 8.85. The fourth-order valence-corrected chi connectivity index (χ4v) is 0.767. The molecule has 0 radical (unpaired) electrons. The zero-order valence-electron chi connectivity index (χ0n) is 8.65. The van der Waals surface area contributed by atoms with Crippen LogP contribution in [0.25, 0.3) is 0 Å². The van der Waals surface area contributed by atoms with Gasteiger partial charge >= 0.3 is 0 Å². The second kappa shape index (κ2) is 5.59. The highest BCUT2D eigenvalue weighted by molar-refractivity contribution is 4.64. The lowest BCUT2D eigenvalue weighted by Gasteiger charge is -2.19. The Morgan fingerprint density at radius 2 is 1.64 bits per heavy atom. The summed E-state index contributed by atoms with van der Waals surface area (Å²) in [6.45, 7) is 12.5. The van der Waals surface area contributed by atoms with Crippen LogP contribution in [0.3, 0.4) is 0 Å².